The number of carbonyl (C=O) groups excluding carboxylic acids is 2. The molecule has 0 aromatic heterocycles. The zero-order valence-electron chi connectivity index (χ0n) is 14.1. The Bertz CT molecular complexity index is 622. The molecule has 130 valence electrons. The van der Waals surface area contributed by atoms with Crippen LogP contribution in [0.15, 0.2) is 35.5 Å². The molecule has 3 N–H and O–H groups in total. The smallest absolute Gasteiger partial charge is 0.338 e. The highest BCUT2D eigenvalue weighted by Crippen LogP contribution is 2.28. The van der Waals surface area contributed by atoms with Crippen LogP contribution in [0.3, 0.4) is 0 Å². The lowest BCUT2D eigenvalue weighted by Crippen LogP contribution is -2.45. The monoisotopic (exact) mass is 332 g/mol. The van der Waals surface area contributed by atoms with Gasteiger partial charge in [-0.1, -0.05) is 38.3 Å². The highest BCUT2D eigenvalue weighted by atomic mass is 16.5. The molecule has 0 spiro atoms. The summed E-state index contributed by atoms with van der Waals surface area (Å²) in [4.78, 5) is 24.2. The van der Waals surface area contributed by atoms with Crippen molar-refractivity contribution in [2.75, 3.05) is 6.61 Å². The molecule has 6 heteroatoms. The fourth-order valence-electron chi connectivity index (χ4n) is 2.65. The van der Waals surface area contributed by atoms with Gasteiger partial charge in [0, 0.05) is 5.70 Å². The Labute approximate surface area is 141 Å². The Hall–Kier alpha value is -2.50. The Morgan fingerprint density at radius 3 is 2.58 bits per heavy atom. The van der Waals surface area contributed by atoms with Gasteiger partial charge in [-0.05, 0) is 31.0 Å². The zero-order chi connectivity index (χ0) is 17.5. The number of phenols is 1. The molecule has 1 aromatic carbocycles. The van der Waals surface area contributed by atoms with E-state index in [0.717, 1.165) is 25.7 Å². The minimum atomic E-state index is -0.595. The number of rotatable bonds is 7. The number of allylic oxidation sites excluding steroid dienone is 1. The maximum Gasteiger partial charge on any atom is 0.338 e. The molecule has 1 atom stereocenters. The number of nitrogens with one attached hydrogen (secondary N) is 2. The van der Waals surface area contributed by atoms with Gasteiger partial charge in [0.25, 0.3) is 0 Å². The van der Waals surface area contributed by atoms with E-state index in [9.17, 15) is 14.7 Å². The van der Waals surface area contributed by atoms with Crippen LogP contribution >= 0.6 is 0 Å². The number of urea groups is 1. The number of hydrogen-bond acceptors (Lipinski definition) is 4. The Balaban J connectivity index is 2.13. The van der Waals surface area contributed by atoms with Crippen LogP contribution in [0.5, 0.6) is 5.75 Å². The first-order valence-electron chi connectivity index (χ1n) is 8.27. The summed E-state index contributed by atoms with van der Waals surface area (Å²) >= 11 is 0. The van der Waals surface area contributed by atoms with Gasteiger partial charge in [0.05, 0.1) is 18.2 Å². The summed E-state index contributed by atoms with van der Waals surface area (Å²) in [5.74, 6) is -0.311. The van der Waals surface area contributed by atoms with Crippen molar-refractivity contribution in [3.05, 3.63) is 41.1 Å². The summed E-state index contributed by atoms with van der Waals surface area (Å²) < 4.78 is 5.37. The molecule has 0 saturated heterocycles. The summed E-state index contributed by atoms with van der Waals surface area (Å²) in [5.41, 5.74) is 1.58. The van der Waals surface area contributed by atoms with Gasteiger partial charge in [-0.3, -0.25) is 0 Å². The molecule has 1 aromatic rings. The number of esters is 1. The second-order valence-corrected chi connectivity index (χ2v) is 5.86. The molecule has 0 unspecified atom stereocenters. The third-order valence-electron chi connectivity index (χ3n) is 3.95. The van der Waals surface area contributed by atoms with E-state index in [1.54, 1.807) is 19.1 Å². The second kappa shape index (κ2) is 8.38. The third kappa shape index (κ3) is 4.50. The lowest BCUT2D eigenvalue weighted by Gasteiger charge is -2.28. The van der Waals surface area contributed by atoms with Gasteiger partial charge >= 0.3 is 12.0 Å². The number of hydrogen-bond donors (Lipinski definition) is 3. The molecule has 1 aliphatic rings. The third-order valence-corrected chi connectivity index (χ3v) is 3.95. The first-order valence-corrected chi connectivity index (χ1v) is 8.27. The molecule has 2 rings (SSSR count). The van der Waals surface area contributed by atoms with Crippen molar-refractivity contribution >= 4 is 12.0 Å². The molecule has 0 saturated carbocycles. The van der Waals surface area contributed by atoms with E-state index in [4.69, 9.17) is 4.74 Å². The Kier molecular flexibility index (Phi) is 6.23. The van der Waals surface area contributed by atoms with Gasteiger partial charge in [-0.25, -0.2) is 9.59 Å². The molecular formula is C18H24N2O4. The van der Waals surface area contributed by atoms with Gasteiger partial charge in [-0.15, -0.1) is 0 Å². The van der Waals surface area contributed by atoms with E-state index >= 15 is 0 Å². The number of phenolic OH excluding ortho intramolecular Hbond substituents is 1. The first kappa shape index (κ1) is 17.8. The fourth-order valence-corrected chi connectivity index (χ4v) is 2.65. The summed E-state index contributed by atoms with van der Waals surface area (Å²) in [6, 6.07) is 5.42. The van der Waals surface area contributed by atoms with Crippen LogP contribution in [-0.4, -0.2) is 23.7 Å². The van der Waals surface area contributed by atoms with Crippen molar-refractivity contribution < 1.29 is 19.4 Å². The average molecular weight is 332 g/mol. The molecule has 2 amide bonds. The highest BCUT2D eigenvalue weighted by Gasteiger charge is 2.32. The van der Waals surface area contributed by atoms with Crippen molar-refractivity contribution in [3.63, 3.8) is 0 Å². The Morgan fingerprint density at radius 1 is 1.21 bits per heavy atom. The van der Waals surface area contributed by atoms with Crippen LogP contribution < -0.4 is 10.6 Å². The molecule has 1 heterocycles. The van der Waals surface area contributed by atoms with Crippen molar-refractivity contribution in [1.82, 2.24) is 10.6 Å². The Morgan fingerprint density at radius 2 is 1.92 bits per heavy atom. The zero-order valence-corrected chi connectivity index (χ0v) is 14.1. The van der Waals surface area contributed by atoms with Crippen molar-refractivity contribution in [2.24, 2.45) is 0 Å². The van der Waals surface area contributed by atoms with E-state index in [0.29, 0.717) is 23.4 Å². The number of carbonyl (C=O) groups is 2. The van der Waals surface area contributed by atoms with Gasteiger partial charge in [0.15, 0.2) is 0 Å². The summed E-state index contributed by atoms with van der Waals surface area (Å²) in [5, 5.41) is 14.8. The van der Waals surface area contributed by atoms with Crippen LogP contribution in [0.4, 0.5) is 4.79 Å². The van der Waals surface area contributed by atoms with Gasteiger partial charge < -0.3 is 20.5 Å². The van der Waals surface area contributed by atoms with Crippen molar-refractivity contribution in [2.45, 2.75) is 45.6 Å². The number of benzene rings is 1. The standard InChI is InChI=1S/C18H24N2O4/c1-3-4-5-6-11-24-17(22)15-12(2)19-18(23)20-16(15)13-7-9-14(21)10-8-13/h7-10,16,21H,3-6,11H2,1-2H3,(H2,19,20,23)/t16-/m1/s1. The largest absolute Gasteiger partial charge is 0.508 e. The SMILES string of the molecule is CCCCCCOC(=O)C1=C(C)NC(=O)N[C@@H]1c1ccc(O)cc1. The van der Waals surface area contributed by atoms with E-state index in [1.165, 1.54) is 12.1 Å². The van der Waals surface area contributed by atoms with E-state index in [1.807, 2.05) is 0 Å². The highest BCUT2D eigenvalue weighted by molar-refractivity contribution is 5.95. The van der Waals surface area contributed by atoms with Crippen molar-refractivity contribution in [1.29, 1.82) is 0 Å². The van der Waals surface area contributed by atoms with Gasteiger partial charge in [0.1, 0.15) is 5.75 Å². The number of aromatic hydroxyl groups is 1. The normalized spacial score (nSPS) is 17.2. The minimum absolute atomic E-state index is 0.125. The molecule has 0 radical (unpaired) electrons. The quantitative estimate of drug-likeness (QED) is 0.529. The summed E-state index contributed by atoms with van der Waals surface area (Å²) in [6.07, 6.45) is 4.10. The van der Waals surface area contributed by atoms with Crippen LogP contribution in [0.2, 0.25) is 0 Å². The van der Waals surface area contributed by atoms with Crippen LogP contribution in [0.25, 0.3) is 0 Å². The number of amides is 2. The predicted octanol–water partition coefficient (Wildman–Crippen LogP) is 3.14. The van der Waals surface area contributed by atoms with Crippen LogP contribution in [0.1, 0.15) is 51.1 Å². The molecular weight excluding hydrogens is 308 g/mol. The van der Waals surface area contributed by atoms with Crippen LogP contribution in [0, 0.1) is 0 Å². The summed E-state index contributed by atoms with van der Waals surface area (Å²) in [7, 11) is 0. The lowest BCUT2D eigenvalue weighted by molar-refractivity contribution is -0.139. The lowest BCUT2D eigenvalue weighted by atomic mass is 9.95. The predicted molar refractivity (Wildman–Crippen MR) is 90.3 cm³/mol. The van der Waals surface area contributed by atoms with Crippen molar-refractivity contribution in [3.8, 4) is 5.75 Å². The summed E-state index contributed by atoms with van der Waals surface area (Å²) in [6.45, 7) is 4.17. The maximum atomic E-state index is 12.5. The molecule has 6 nitrogen and oxygen atoms in total. The van der Waals surface area contributed by atoms with Gasteiger partial charge in [0.2, 0.25) is 0 Å². The second-order valence-electron chi connectivity index (χ2n) is 5.86. The minimum Gasteiger partial charge on any atom is -0.508 e. The first-order chi connectivity index (χ1) is 11.5. The molecule has 0 fully saturated rings. The number of ether oxygens (including phenoxy) is 1. The fraction of sp³-hybridized carbons (Fsp3) is 0.444. The van der Waals surface area contributed by atoms with E-state index < -0.39 is 12.0 Å². The molecule has 0 aliphatic carbocycles. The number of unbranched alkanes of at least 4 members (excludes halogenated alkanes) is 3. The maximum absolute atomic E-state index is 12.5. The molecule has 24 heavy (non-hydrogen) atoms. The topological polar surface area (TPSA) is 87.7 Å². The molecule has 1 aliphatic heterocycles. The molecule has 0 bridgehead atoms. The van der Waals surface area contributed by atoms with Crippen LogP contribution in [-0.2, 0) is 9.53 Å². The van der Waals surface area contributed by atoms with E-state index in [2.05, 4.69) is 17.6 Å². The average Bonchev–Trinajstić information content (AvgIpc) is 2.54. The van der Waals surface area contributed by atoms with Gasteiger partial charge in [-0.2, -0.15) is 0 Å². The van der Waals surface area contributed by atoms with E-state index in [-0.39, 0.29) is 11.8 Å².